The van der Waals surface area contributed by atoms with Gasteiger partial charge in [0.15, 0.2) is 0 Å². The standard InChI is InChI=1S/C15H22N2O3/c1-15(2,20)11-17(3)10-14(19)16-13(18)9-12-7-5-4-6-8-12/h4-8,20H,9-11H2,1-3H3,(H,16,18,19). The summed E-state index contributed by atoms with van der Waals surface area (Å²) in [5.74, 6) is -0.685. The van der Waals surface area contributed by atoms with E-state index in [0.29, 0.717) is 6.54 Å². The highest BCUT2D eigenvalue weighted by molar-refractivity contribution is 5.96. The van der Waals surface area contributed by atoms with Crippen LogP contribution >= 0.6 is 0 Å². The summed E-state index contributed by atoms with van der Waals surface area (Å²) in [5, 5.41) is 12.0. The SMILES string of the molecule is CN(CC(=O)NC(=O)Cc1ccccc1)CC(C)(C)O. The molecule has 2 amide bonds. The summed E-state index contributed by atoms with van der Waals surface area (Å²) >= 11 is 0. The topological polar surface area (TPSA) is 69.6 Å². The third kappa shape index (κ3) is 7.01. The van der Waals surface area contributed by atoms with Crippen LogP contribution in [-0.4, -0.2) is 47.6 Å². The average Bonchev–Trinajstić information content (AvgIpc) is 2.26. The van der Waals surface area contributed by atoms with Crippen molar-refractivity contribution in [2.75, 3.05) is 20.1 Å². The molecular formula is C15H22N2O3. The maximum absolute atomic E-state index is 11.7. The van der Waals surface area contributed by atoms with Crippen molar-refractivity contribution in [2.45, 2.75) is 25.9 Å². The van der Waals surface area contributed by atoms with Gasteiger partial charge >= 0.3 is 0 Å². The minimum atomic E-state index is -0.872. The Morgan fingerprint density at radius 1 is 1.20 bits per heavy atom. The summed E-state index contributed by atoms with van der Waals surface area (Å²) in [6, 6.07) is 9.25. The molecule has 0 atom stereocenters. The largest absolute Gasteiger partial charge is 0.389 e. The molecule has 0 bridgehead atoms. The van der Waals surface area contributed by atoms with Gasteiger partial charge in [-0.05, 0) is 26.5 Å². The molecule has 0 aliphatic rings. The van der Waals surface area contributed by atoms with Crippen molar-refractivity contribution in [3.8, 4) is 0 Å². The lowest BCUT2D eigenvalue weighted by atomic mass is 10.1. The van der Waals surface area contributed by atoms with Crippen molar-refractivity contribution in [3.05, 3.63) is 35.9 Å². The molecule has 5 heteroatoms. The van der Waals surface area contributed by atoms with Crippen LogP contribution in [0, 0.1) is 0 Å². The number of likely N-dealkylation sites (N-methyl/N-ethyl adjacent to an activating group) is 1. The minimum Gasteiger partial charge on any atom is -0.389 e. The summed E-state index contributed by atoms with van der Waals surface area (Å²) in [6.45, 7) is 3.77. The van der Waals surface area contributed by atoms with Crippen LogP contribution in [0.25, 0.3) is 0 Å². The molecule has 0 aromatic heterocycles. The molecule has 0 saturated carbocycles. The second kappa shape index (κ2) is 7.17. The smallest absolute Gasteiger partial charge is 0.240 e. The fourth-order valence-corrected chi connectivity index (χ4v) is 1.98. The van der Waals surface area contributed by atoms with E-state index >= 15 is 0 Å². The molecule has 2 N–H and O–H groups in total. The molecule has 0 aliphatic carbocycles. The van der Waals surface area contributed by atoms with E-state index in [0.717, 1.165) is 5.56 Å². The van der Waals surface area contributed by atoms with Crippen LogP contribution in [-0.2, 0) is 16.0 Å². The molecule has 1 aromatic carbocycles. The second-order valence-electron chi connectivity index (χ2n) is 5.62. The number of carbonyl (C=O) groups is 2. The Morgan fingerprint density at radius 2 is 1.80 bits per heavy atom. The highest BCUT2D eigenvalue weighted by Crippen LogP contribution is 2.02. The van der Waals surface area contributed by atoms with Gasteiger partial charge in [0.2, 0.25) is 11.8 Å². The van der Waals surface area contributed by atoms with Gasteiger partial charge in [0.1, 0.15) is 0 Å². The zero-order valence-electron chi connectivity index (χ0n) is 12.2. The summed E-state index contributed by atoms with van der Waals surface area (Å²) < 4.78 is 0. The van der Waals surface area contributed by atoms with Gasteiger partial charge in [0.25, 0.3) is 0 Å². The number of imide groups is 1. The number of carbonyl (C=O) groups excluding carboxylic acids is 2. The molecule has 0 heterocycles. The van der Waals surface area contributed by atoms with E-state index in [4.69, 9.17) is 0 Å². The lowest BCUT2D eigenvalue weighted by Gasteiger charge is -2.24. The molecule has 110 valence electrons. The molecule has 0 unspecified atom stereocenters. The van der Waals surface area contributed by atoms with Gasteiger partial charge in [-0.3, -0.25) is 19.8 Å². The van der Waals surface area contributed by atoms with Crippen molar-refractivity contribution in [1.29, 1.82) is 0 Å². The zero-order valence-corrected chi connectivity index (χ0v) is 12.2. The molecule has 5 nitrogen and oxygen atoms in total. The van der Waals surface area contributed by atoms with Gasteiger partial charge in [-0.2, -0.15) is 0 Å². The average molecular weight is 278 g/mol. The van der Waals surface area contributed by atoms with Crippen LogP contribution in [0.3, 0.4) is 0 Å². The number of hydrogen-bond acceptors (Lipinski definition) is 4. The van der Waals surface area contributed by atoms with Gasteiger partial charge in [0, 0.05) is 6.54 Å². The lowest BCUT2D eigenvalue weighted by Crippen LogP contribution is -2.43. The van der Waals surface area contributed by atoms with Crippen LogP contribution in [0.1, 0.15) is 19.4 Å². The third-order valence-corrected chi connectivity index (χ3v) is 2.56. The maximum atomic E-state index is 11.7. The molecule has 20 heavy (non-hydrogen) atoms. The summed E-state index contributed by atoms with van der Waals surface area (Å²) in [4.78, 5) is 25.0. The molecule has 0 radical (unpaired) electrons. The van der Waals surface area contributed by atoms with E-state index in [9.17, 15) is 14.7 Å². The Hall–Kier alpha value is -1.72. The Labute approximate surface area is 119 Å². The Bertz CT molecular complexity index is 452. The van der Waals surface area contributed by atoms with E-state index in [1.54, 1.807) is 25.8 Å². The molecule has 0 fully saturated rings. The number of benzene rings is 1. The third-order valence-electron chi connectivity index (χ3n) is 2.56. The predicted octanol–water partition coefficient (Wildman–Crippen LogP) is 0.575. The Morgan fingerprint density at radius 3 is 2.35 bits per heavy atom. The number of aliphatic hydroxyl groups is 1. The van der Waals surface area contributed by atoms with Crippen molar-refractivity contribution >= 4 is 11.8 Å². The molecule has 0 aliphatic heterocycles. The first-order chi connectivity index (χ1) is 9.26. The first kappa shape index (κ1) is 16.3. The summed E-state index contributed by atoms with van der Waals surface area (Å²) in [6.07, 6.45) is 0.182. The van der Waals surface area contributed by atoms with Crippen LogP contribution in [0.4, 0.5) is 0 Å². The minimum absolute atomic E-state index is 0.0739. The second-order valence-corrected chi connectivity index (χ2v) is 5.62. The summed E-state index contributed by atoms with van der Waals surface area (Å²) in [7, 11) is 1.72. The quantitative estimate of drug-likeness (QED) is 0.798. The van der Waals surface area contributed by atoms with E-state index in [-0.39, 0.29) is 24.8 Å². The number of nitrogens with zero attached hydrogens (tertiary/aromatic N) is 1. The van der Waals surface area contributed by atoms with Gasteiger partial charge in [-0.25, -0.2) is 0 Å². The van der Waals surface area contributed by atoms with Gasteiger partial charge in [-0.15, -0.1) is 0 Å². The molecular weight excluding hydrogens is 256 g/mol. The van der Waals surface area contributed by atoms with Crippen molar-refractivity contribution in [3.63, 3.8) is 0 Å². The number of rotatable bonds is 6. The first-order valence-electron chi connectivity index (χ1n) is 6.54. The van der Waals surface area contributed by atoms with Gasteiger partial charge in [0.05, 0.1) is 18.6 Å². The number of nitrogens with one attached hydrogen (secondary N) is 1. The van der Waals surface area contributed by atoms with Crippen molar-refractivity contribution < 1.29 is 14.7 Å². The fourth-order valence-electron chi connectivity index (χ4n) is 1.98. The van der Waals surface area contributed by atoms with Crippen LogP contribution < -0.4 is 5.32 Å². The first-order valence-corrected chi connectivity index (χ1v) is 6.54. The molecule has 0 saturated heterocycles. The highest BCUT2D eigenvalue weighted by atomic mass is 16.3. The molecule has 0 spiro atoms. The maximum Gasteiger partial charge on any atom is 0.240 e. The van der Waals surface area contributed by atoms with Crippen LogP contribution in [0.2, 0.25) is 0 Å². The van der Waals surface area contributed by atoms with Crippen LogP contribution in [0.15, 0.2) is 30.3 Å². The number of hydrogen-bond donors (Lipinski definition) is 2. The zero-order chi connectivity index (χ0) is 15.2. The monoisotopic (exact) mass is 278 g/mol. The van der Waals surface area contributed by atoms with Crippen LogP contribution in [0.5, 0.6) is 0 Å². The van der Waals surface area contributed by atoms with Crippen molar-refractivity contribution in [1.82, 2.24) is 10.2 Å². The van der Waals surface area contributed by atoms with E-state index in [1.807, 2.05) is 30.3 Å². The van der Waals surface area contributed by atoms with Gasteiger partial charge in [-0.1, -0.05) is 30.3 Å². The Balaban J connectivity index is 2.37. The van der Waals surface area contributed by atoms with Gasteiger partial charge < -0.3 is 5.11 Å². The van der Waals surface area contributed by atoms with E-state index < -0.39 is 5.60 Å². The highest BCUT2D eigenvalue weighted by Gasteiger charge is 2.18. The normalized spacial score (nSPS) is 11.4. The van der Waals surface area contributed by atoms with E-state index in [1.165, 1.54) is 0 Å². The lowest BCUT2D eigenvalue weighted by molar-refractivity contribution is -0.130. The summed E-state index contributed by atoms with van der Waals surface area (Å²) in [5.41, 5.74) is -0.00839. The number of amides is 2. The Kier molecular flexibility index (Phi) is 5.85. The molecule has 1 aromatic rings. The van der Waals surface area contributed by atoms with E-state index in [2.05, 4.69) is 5.32 Å². The fraction of sp³-hybridized carbons (Fsp3) is 0.467. The van der Waals surface area contributed by atoms with Crippen molar-refractivity contribution in [2.24, 2.45) is 0 Å². The predicted molar refractivity (Wildman–Crippen MR) is 77.1 cm³/mol. The molecule has 1 rings (SSSR count).